The summed E-state index contributed by atoms with van der Waals surface area (Å²) in [4.78, 5) is 31.2. The molecule has 180 valence electrons. The number of hydrogen-bond acceptors (Lipinski definition) is 3. The highest BCUT2D eigenvalue weighted by Gasteiger charge is 2.50. The van der Waals surface area contributed by atoms with Crippen molar-refractivity contribution in [3.8, 4) is 0 Å². The van der Waals surface area contributed by atoms with Gasteiger partial charge in [0.25, 0.3) is 5.91 Å². The van der Waals surface area contributed by atoms with Crippen LogP contribution in [-0.4, -0.2) is 32.9 Å². The molecule has 3 heterocycles. The van der Waals surface area contributed by atoms with Crippen LogP contribution >= 0.6 is 11.3 Å². The molecule has 1 aliphatic carbocycles. The van der Waals surface area contributed by atoms with Gasteiger partial charge in [-0.05, 0) is 50.8 Å². The fourth-order valence-corrected chi connectivity index (χ4v) is 6.82. The van der Waals surface area contributed by atoms with Gasteiger partial charge in [0.05, 0.1) is 22.8 Å². The number of nitrogens with zero attached hydrogens (tertiary/aromatic N) is 2. The highest BCUT2D eigenvalue weighted by molar-refractivity contribution is 7.19. The van der Waals surface area contributed by atoms with Crippen molar-refractivity contribution in [1.29, 1.82) is 0 Å². The van der Waals surface area contributed by atoms with Crippen molar-refractivity contribution < 1.29 is 9.59 Å². The van der Waals surface area contributed by atoms with E-state index in [-0.39, 0.29) is 23.9 Å². The van der Waals surface area contributed by atoms with Gasteiger partial charge in [-0.2, -0.15) is 0 Å². The second kappa shape index (κ2) is 9.21. The van der Waals surface area contributed by atoms with E-state index in [9.17, 15) is 9.59 Å². The van der Waals surface area contributed by atoms with Crippen molar-refractivity contribution in [2.45, 2.75) is 89.9 Å². The van der Waals surface area contributed by atoms with Crippen LogP contribution in [0.4, 0.5) is 0 Å². The molecule has 1 fully saturated rings. The molecule has 6 heteroatoms. The fraction of sp³-hybridized carbons (Fsp3) is 0.500. The Kier molecular flexibility index (Phi) is 6.28. The number of hydrogen-bond donors (Lipinski definition) is 1. The summed E-state index contributed by atoms with van der Waals surface area (Å²) < 4.78 is 3.22. The molecule has 1 aliphatic heterocycles. The monoisotopic (exact) mass is 477 g/mol. The number of carbonyl (C=O) groups is 2. The molecule has 0 spiro atoms. The summed E-state index contributed by atoms with van der Waals surface area (Å²) in [5.74, 6) is -0.100. The minimum atomic E-state index is -0.980. The summed E-state index contributed by atoms with van der Waals surface area (Å²) in [5.41, 5.74) is 1.82. The number of nitrogens with one attached hydrogen (secondary N) is 1. The van der Waals surface area contributed by atoms with Crippen molar-refractivity contribution >= 4 is 33.4 Å². The molecule has 5 rings (SSSR count). The fourth-order valence-electron chi connectivity index (χ4n) is 5.78. The van der Waals surface area contributed by atoms with E-state index < -0.39 is 5.54 Å². The highest BCUT2D eigenvalue weighted by atomic mass is 32.1. The first-order valence-electron chi connectivity index (χ1n) is 12.7. The van der Waals surface area contributed by atoms with Crippen LogP contribution in [0.2, 0.25) is 0 Å². The minimum Gasteiger partial charge on any atom is -0.351 e. The largest absolute Gasteiger partial charge is 0.351 e. The molecule has 0 radical (unpaired) electrons. The standard InChI is InChI=1S/C28H35N3O2S/c1-4-22-16-23-25(34-22)17-24-26(32)31(19(2)20-12-8-7-9-13-20)28(3,18-30(23)24)27(33)29-21-14-10-5-6-11-15-21/h7-9,12-13,16-17,19,21H,4-6,10-11,14-15,18H2,1-3H3,(H,29,33)/t19-,28+/m0/s1. The Balaban J connectivity index is 1.56. The molecule has 5 nitrogen and oxygen atoms in total. The molecule has 34 heavy (non-hydrogen) atoms. The Labute approximate surface area is 206 Å². The number of aromatic nitrogens is 1. The van der Waals surface area contributed by atoms with Crippen LogP contribution in [0, 0.1) is 0 Å². The smallest absolute Gasteiger partial charge is 0.272 e. The zero-order valence-electron chi connectivity index (χ0n) is 20.5. The third-order valence-electron chi connectivity index (χ3n) is 7.77. The average molecular weight is 478 g/mol. The van der Waals surface area contributed by atoms with E-state index in [1.807, 2.05) is 55.1 Å². The van der Waals surface area contributed by atoms with Crippen LogP contribution < -0.4 is 5.32 Å². The molecule has 0 unspecified atom stereocenters. The molecule has 0 bridgehead atoms. The molecular weight excluding hydrogens is 442 g/mol. The third kappa shape index (κ3) is 3.96. The van der Waals surface area contributed by atoms with Crippen LogP contribution in [0.5, 0.6) is 0 Å². The first-order valence-corrected chi connectivity index (χ1v) is 13.6. The second-order valence-electron chi connectivity index (χ2n) is 10.1. The van der Waals surface area contributed by atoms with E-state index >= 15 is 0 Å². The normalized spacial score (nSPS) is 22.4. The molecule has 3 aromatic rings. The zero-order chi connectivity index (χ0) is 23.9. The van der Waals surface area contributed by atoms with Gasteiger partial charge >= 0.3 is 0 Å². The minimum absolute atomic E-state index is 0.0334. The van der Waals surface area contributed by atoms with Crippen molar-refractivity contribution in [1.82, 2.24) is 14.8 Å². The molecule has 1 aromatic carbocycles. The van der Waals surface area contributed by atoms with Gasteiger partial charge in [-0.3, -0.25) is 9.59 Å². The zero-order valence-corrected chi connectivity index (χ0v) is 21.3. The molecule has 1 saturated carbocycles. The van der Waals surface area contributed by atoms with Crippen LogP contribution in [0.15, 0.2) is 42.5 Å². The van der Waals surface area contributed by atoms with Crippen molar-refractivity contribution in [3.05, 3.63) is 58.6 Å². The molecule has 0 saturated heterocycles. The number of thiophene rings is 1. The van der Waals surface area contributed by atoms with E-state index in [1.54, 1.807) is 11.3 Å². The van der Waals surface area contributed by atoms with Crippen LogP contribution in [0.3, 0.4) is 0 Å². The Morgan fingerprint density at radius 1 is 1.15 bits per heavy atom. The lowest BCUT2D eigenvalue weighted by atomic mass is 9.90. The molecule has 2 amide bonds. The van der Waals surface area contributed by atoms with Crippen LogP contribution in [-0.2, 0) is 17.8 Å². The summed E-state index contributed by atoms with van der Waals surface area (Å²) in [6.07, 6.45) is 7.80. The Bertz CT molecular complexity index is 1190. The molecule has 2 aliphatic rings. The average Bonchev–Trinajstić information content (AvgIpc) is 3.28. The van der Waals surface area contributed by atoms with E-state index in [4.69, 9.17) is 0 Å². The molecule has 2 atom stereocenters. The Morgan fingerprint density at radius 3 is 2.53 bits per heavy atom. The lowest BCUT2D eigenvalue weighted by Crippen LogP contribution is -2.65. The highest BCUT2D eigenvalue weighted by Crippen LogP contribution is 2.40. The molecule has 1 N–H and O–H groups in total. The van der Waals surface area contributed by atoms with Crippen molar-refractivity contribution in [2.75, 3.05) is 0 Å². The van der Waals surface area contributed by atoms with Gasteiger partial charge in [0.1, 0.15) is 11.2 Å². The van der Waals surface area contributed by atoms with Gasteiger partial charge in [0.15, 0.2) is 0 Å². The van der Waals surface area contributed by atoms with Gasteiger partial charge in [-0.1, -0.05) is 62.9 Å². The Hall–Kier alpha value is -2.60. The number of amides is 2. The number of fused-ring (bicyclic) bond motifs is 3. The number of aryl methyl sites for hydroxylation is 1. The lowest BCUT2D eigenvalue weighted by molar-refractivity contribution is -0.135. The number of carbonyl (C=O) groups excluding carboxylic acids is 2. The molecule has 2 aromatic heterocycles. The molecular formula is C28H35N3O2S. The summed E-state index contributed by atoms with van der Waals surface area (Å²) in [6, 6.07) is 14.2. The summed E-state index contributed by atoms with van der Waals surface area (Å²) in [6.45, 7) is 6.62. The van der Waals surface area contributed by atoms with Crippen LogP contribution in [0.25, 0.3) is 10.2 Å². The van der Waals surface area contributed by atoms with Gasteiger partial charge in [0, 0.05) is 10.9 Å². The van der Waals surface area contributed by atoms with Gasteiger partial charge < -0.3 is 14.8 Å². The lowest BCUT2D eigenvalue weighted by Gasteiger charge is -2.47. The second-order valence-corrected chi connectivity index (χ2v) is 11.3. The van der Waals surface area contributed by atoms with E-state index in [1.165, 1.54) is 17.7 Å². The van der Waals surface area contributed by atoms with Gasteiger partial charge in [-0.25, -0.2) is 0 Å². The SMILES string of the molecule is CCc1cc2c(cc3n2C[C@](C)(C(=O)NC2CCCCCC2)N([C@@H](C)c2ccccc2)C3=O)s1. The van der Waals surface area contributed by atoms with E-state index in [2.05, 4.69) is 22.9 Å². The maximum atomic E-state index is 14.1. The quantitative estimate of drug-likeness (QED) is 0.453. The Morgan fingerprint density at radius 2 is 1.85 bits per heavy atom. The predicted molar refractivity (Wildman–Crippen MR) is 138 cm³/mol. The number of benzene rings is 1. The van der Waals surface area contributed by atoms with Gasteiger partial charge in [0.2, 0.25) is 5.91 Å². The topological polar surface area (TPSA) is 54.3 Å². The van der Waals surface area contributed by atoms with E-state index in [0.29, 0.717) is 12.2 Å². The predicted octanol–water partition coefficient (Wildman–Crippen LogP) is 6.08. The summed E-state index contributed by atoms with van der Waals surface area (Å²) in [5, 5.41) is 3.37. The first-order chi connectivity index (χ1) is 16.4. The van der Waals surface area contributed by atoms with Crippen LogP contribution in [0.1, 0.15) is 86.3 Å². The first kappa shape index (κ1) is 23.2. The van der Waals surface area contributed by atoms with Gasteiger partial charge in [-0.15, -0.1) is 11.3 Å². The summed E-state index contributed by atoms with van der Waals surface area (Å²) >= 11 is 1.75. The number of rotatable bonds is 5. The van der Waals surface area contributed by atoms with Crippen molar-refractivity contribution in [3.63, 3.8) is 0 Å². The third-order valence-corrected chi connectivity index (χ3v) is 8.99. The van der Waals surface area contributed by atoms with E-state index in [0.717, 1.165) is 47.9 Å². The maximum absolute atomic E-state index is 14.1. The van der Waals surface area contributed by atoms with Crippen molar-refractivity contribution in [2.24, 2.45) is 0 Å². The maximum Gasteiger partial charge on any atom is 0.272 e. The summed E-state index contributed by atoms with van der Waals surface area (Å²) in [7, 11) is 0.